The van der Waals surface area contributed by atoms with Crippen LogP contribution in [0.1, 0.15) is 16.7 Å². The van der Waals surface area contributed by atoms with Crippen molar-refractivity contribution in [2.75, 3.05) is 16.2 Å². The van der Waals surface area contributed by atoms with Crippen LogP contribution in [0.15, 0.2) is 77.7 Å². The van der Waals surface area contributed by atoms with Gasteiger partial charge in [0.2, 0.25) is 5.91 Å². The Hall–Kier alpha value is -3.33. The Labute approximate surface area is 184 Å². The minimum Gasteiger partial charge on any atom is -0.325 e. The molecule has 0 saturated heterocycles. The van der Waals surface area contributed by atoms with E-state index in [1.807, 2.05) is 13.8 Å². The molecular formula is C23H21F3N2O3S. The van der Waals surface area contributed by atoms with Gasteiger partial charge in [0.05, 0.1) is 16.1 Å². The Morgan fingerprint density at radius 1 is 0.906 bits per heavy atom. The molecule has 1 amide bonds. The molecule has 0 aliphatic carbocycles. The highest BCUT2D eigenvalue weighted by molar-refractivity contribution is 7.92. The lowest BCUT2D eigenvalue weighted by atomic mass is 10.1. The number of benzene rings is 3. The molecule has 3 rings (SSSR count). The SMILES string of the molecule is Cc1ccc(N(CC(=O)Nc2cccc(C(F)(F)F)c2)S(=O)(=O)c2ccccc2)cc1C. The number of sulfonamides is 1. The standard InChI is InChI=1S/C23H21F3N2O3S/c1-16-11-12-20(13-17(16)2)28(32(30,31)21-9-4-3-5-10-21)15-22(29)27-19-8-6-7-18(14-19)23(24,25)26/h3-14H,15H2,1-2H3,(H,27,29). The van der Waals surface area contributed by atoms with E-state index in [1.54, 1.807) is 36.4 Å². The first kappa shape index (κ1) is 23.3. The van der Waals surface area contributed by atoms with Crippen molar-refractivity contribution in [1.82, 2.24) is 0 Å². The summed E-state index contributed by atoms with van der Waals surface area (Å²) >= 11 is 0. The molecule has 0 aliphatic heterocycles. The van der Waals surface area contributed by atoms with Gasteiger partial charge in [-0.05, 0) is 67.4 Å². The molecule has 0 spiro atoms. The van der Waals surface area contributed by atoms with Gasteiger partial charge < -0.3 is 5.32 Å². The molecule has 168 valence electrons. The summed E-state index contributed by atoms with van der Waals surface area (Å²) in [7, 11) is -4.11. The Morgan fingerprint density at radius 2 is 1.59 bits per heavy atom. The molecule has 0 atom stereocenters. The molecule has 3 aromatic rings. The van der Waals surface area contributed by atoms with E-state index < -0.39 is 34.2 Å². The highest BCUT2D eigenvalue weighted by Gasteiger charge is 2.31. The number of alkyl halides is 3. The van der Waals surface area contributed by atoms with E-state index in [9.17, 15) is 26.4 Å². The number of carbonyl (C=O) groups is 1. The number of rotatable bonds is 6. The van der Waals surface area contributed by atoms with Crippen LogP contribution in [0, 0.1) is 13.8 Å². The molecule has 5 nitrogen and oxygen atoms in total. The maximum Gasteiger partial charge on any atom is 0.416 e. The quantitative estimate of drug-likeness (QED) is 0.551. The summed E-state index contributed by atoms with van der Waals surface area (Å²) in [6.45, 7) is 3.07. The summed E-state index contributed by atoms with van der Waals surface area (Å²) in [5, 5.41) is 2.36. The van der Waals surface area contributed by atoms with Crippen LogP contribution in [0.2, 0.25) is 0 Å². The number of hydrogen-bond donors (Lipinski definition) is 1. The van der Waals surface area contributed by atoms with E-state index >= 15 is 0 Å². The monoisotopic (exact) mass is 462 g/mol. The Morgan fingerprint density at radius 3 is 2.22 bits per heavy atom. The van der Waals surface area contributed by atoms with Gasteiger partial charge in [-0.3, -0.25) is 9.10 Å². The van der Waals surface area contributed by atoms with Crippen LogP contribution >= 0.6 is 0 Å². The topological polar surface area (TPSA) is 66.5 Å². The molecule has 9 heteroatoms. The number of anilines is 2. The van der Waals surface area contributed by atoms with Gasteiger partial charge in [0.1, 0.15) is 6.54 Å². The van der Waals surface area contributed by atoms with Gasteiger partial charge in [-0.2, -0.15) is 13.2 Å². The zero-order valence-corrected chi connectivity index (χ0v) is 18.2. The van der Waals surface area contributed by atoms with Crippen LogP contribution in [0.4, 0.5) is 24.5 Å². The van der Waals surface area contributed by atoms with E-state index in [1.165, 1.54) is 24.3 Å². The molecule has 3 aromatic carbocycles. The molecule has 32 heavy (non-hydrogen) atoms. The number of carbonyl (C=O) groups excluding carboxylic acids is 1. The number of halogens is 3. The van der Waals surface area contributed by atoms with Crippen molar-refractivity contribution >= 4 is 27.3 Å². The molecule has 0 fully saturated rings. The van der Waals surface area contributed by atoms with Crippen LogP contribution in [0.25, 0.3) is 0 Å². The molecule has 0 heterocycles. The molecule has 0 bridgehead atoms. The van der Waals surface area contributed by atoms with Gasteiger partial charge in [0.25, 0.3) is 10.0 Å². The van der Waals surface area contributed by atoms with E-state index in [4.69, 9.17) is 0 Å². The van der Waals surface area contributed by atoms with Crippen LogP contribution < -0.4 is 9.62 Å². The number of nitrogens with one attached hydrogen (secondary N) is 1. The van der Waals surface area contributed by atoms with Crippen molar-refractivity contribution in [3.05, 3.63) is 89.5 Å². The van der Waals surface area contributed by atoms with Crippen molar-refractivity contribution in [3.8, 4) is 0 Å². The highest BCUT2D eigenvalue weighted by atomic mass is 32.2. The summed E-state index contributed by atoms with van der Waals surface area (Å²) in [4.78, 5) is 12.7. The Balaban J connectivity index is 1.94. The number of amides is 1. The first-order valence-electron chi connectivity index (χ1n) is 9.60. The smallest absolute Gasteiger partial charge is 0.325 e. The average molecular weight is 462 g/mol. The zero-order valence-electron chi connectivity index (χ0n) is 17.3. The zero-order chi connectivity index (χ0) is 23.5. The van der Waals surface area contributed by atoms with Crippen molar-refractivity contribution in [2.24, 2.45) is 0 Å². The number of nitrogens with zero attached hydrogens (tertiary/aromatic N) is 1. The summed E-state index contributed by atoms with van der Waals surface area (Å²) in [6.07, 6.45) is -4.57. The normalized spacial score (nSPS) is 11.8. The first-order valence-corrected chi connectivity index (χ1v) is 11.0. The summed E-state index contributed by atoms with van der Waals surface area (Å²) in [6, 6.07) is 16.7. The lowest BCUT2D eigenvalue weighted by molar-refractivity contribution is -0.137. The van der Waals surface area contributed by atoms with Gasteiger partial charge in [-0.25, -0.2) is 8.42 Å². The predicted molar refractivity (Wildman–Crippen MR) is 117 cm³/mol. The fraction of sp³-hybridized carbons (Fsp3) is 0.174. The highest BCUT2D eigenvalue weighted by Crippen LogP contribution is 2.31. The van der Waals surface area contributed by atoms with Crippen LogP contribution in [0.5, 0.6) is 0 Å². The largest absolute Gasteiger partial charge is 0.416 e. The van der Waals surface area contributed by atoms with Gasteiger partial charge >= 0.3 is 6.18 Å². The fourth-order valence-corrected chi connectivity index (χ4v) is 4.45. The fourth-order valence-electron chi connectivity index (χ4n) is 3.02. The van der Waals surface area contributed by atoms with Gasteiger partial charge in [-0.1, -0.05) is 30.3 Å². The lowest BCUT2D eigenvalue weighted by Crippen LogP contribution is -2.38. The van der Waals surface area contributed by atoms with E-state index in [0.717, 1.165) is 27.6 Å². The number of hydrogen-bond acceptors (Lipinski definition) is 3. The van der Waals surface area contributed by atoms with E-state index in [0.29, 0.717) is 0 Å². The third kappa shape index (κ3) is 5.28. The first-order chi connectivity index (χ1) is 15.0. The summed E-state index contributed by atoms with van der Waals surface area (Å²) < 4.78 is 66.4. The second-order valence-corrected chi connectivity index (χ2v) is 9.08. The Bertz CT molecular complexity index is 1230. The molecule has 0 aliphatic rings. The second-order valence-electron chi connectivity index (χ2n) is 7.22. The van der Waals surface area contributed by atoms with Crippen LogP contribution in [-0.4, -0.2) is 20.9 Å². The maximum absolute atomic E-state index is 13.3. The number of aryl methyl sites for hydroxylation is 2. The van der Waals surface area contributed by atoms with Crippen molar-refractivity contribution in [3.63, 3.8) is 0 Å². The van der Waals surface area contributed by atoms with Crippen LogP contribution in [0.3, 0.4) is 0 Å². The third-order valence-electron chi connectivity index (χ3n) is 4.87. The molecular weight excluding hydrogens is 441 g/mol. The van der Waals surface area contributed by atoms with Gasteiger partial charge in [0.15, 0.2) is 0 Å². The molecule has 0 unspecified atom stereocenters. The molecule has 0 saturated carbocycles. The minimum absolute atomic E-state index is 0.00917. The maximum atomic E-state index is 13.3. The molecule has 1 N–H and O–H groups in total. The average Bonchev–Trinajstić information content (AvgIpc) is 2.74. The van der Waals surface area contributed by atoms with Gasteiger partial charge in [0, 0.05) is 5.69 Å². The Kier molecular flexibility index (Phi) is 6.59. The van der Waals surface area contributed by atoms with Crippen LogP contribution in [-0.2, 0) is 21.0 Å². The molecule has 0 aromatic heterocycles. The van der Waals surface area contributed by atoms with E-state index in [-0.39, 0.29) is 16.3 Å². The second kappa shape index (κ2) is 9.04. The van der Waals surface area contributed by atoms with Gasteiger partial charge in [-0.15, -0.1) is 0 Å². The minimum atomic E-state index is -4.57. The third-order valence-corrected chi connectivity index (χ3v) is 6.66. The van der Waals surface area contributed by atoms with Crippen molar-refractivity contribution < 1.29 is 26.4 Å². The lowest BCUT2D eigenvalue weighted by Gasteiger charge is -2.25. The van der Waals surface area contributed by atoms with Crippen molar-refractivity contribution in [2.45, 2.75) is 24.9 Å². The summed E-state index contributed by atoms with van der Waals surface area (Å²) in [5.41, 5.74) is 1.05. The molecule has 0 radical (unpaired) electrons. The predicted octanol–water partition coefficient (Wildman–Crippen LogP) is 5.16. The van der Waals surface area contributed by atoms with E-state index in [2.05, 4.69) is 5.32 Å². The van der Waals surface area contributed by atoms with Crippen molar-refractivity contribution in [1.29, 1.82) is 0 Å². The summed E-state index contributed by atoms with van der Waals surface area (Å²) in [5.74, 6) is -0.776.